The lowest BCUT2D eigenvalue weighted by atomic mass is 10.0. The minimum atomic E-state index is -3.51. The molecule has 0 amide bonds. The second kappa shape index (κ2) is 6.46. The van der Waals surface area contributed by atoms with Gasteiger partial charge in [-0.1, -0.05) is 32.4 Å². The zero-order valence-corrected chi connectivity index (χ0v) is 13.7. The number of aliphatic hydroxyl groups is 1. The van der Waals surface area contributed by atoms with E-state index in [-0.39, 0.29) is 12.0 Å². The normalized spacial score (nSPS) is 16.9. The van der Waals surface area contributed by atoms with Gasteiger partial charge in [-0.25, -0.2) is 13.1 Å². The quantitative estimate of drug-likeness (QED) is 0.775. The van der Waals surface area contributed by atoms with Crippen LogP contribution in [0.2, 0.25) is 0 Å². The molecule has 2 N–H and O–H groups in total. The first-order chi connectivity index (χ1) is 9.96. The first-order valence-corrected chi connectivity index (χ1v) is 9.17. The maximum Gasteiger partial charge on any atom is 0.240 e. The summed E-state index contributed by atoms with van der Waals surface area (Å²) in [5, 5.41) is 9.22. The van der Waals surface area contributed by atoms with Crippen LogP contribution in [-0.4, -0.2) is 20.1 Å². The molecule has 0 radical (unpaired) electrons. The Hall–Kier alpha value is -0.910. The minimum absolute atomic E-state index is 0.147. The Labute approximate surface area is 127 Å². The molecule has 1 fully saturated rings. The molecule has 0 spiro atoms. The Balaban J connectivity index is 2.19. The van der Waals surface area contributed by atoms with Crippen LogP contribution in [-0.2, 0) is 23.1 Å². The smallest absolute Gasteiger partial charge is 0.240 e. The predicted octanol–water partition coefficient (Wildman–Crippen LogP) is 2.60. The highest BCUT2D eigenvalue weighted by atomic mass is 32.2. The first-order valence-electron chi connectivity index (χ1n) is 7.68. The third-order valence-electron chi connectivity index (χ3n) is 4.36. The van der Waals surface area contributed by atoms with Gasteiger partial charge in [0.05, 0.1) is 11.5 Å². The minimum Gasteiger partial charge on any atom is -0.392 e. The Kier molecular flexibility index (Phi) is 5.07. The zero-order chi connectivity index (χ0) is 15.5. The lowest BCUT2D eigenvalue weighted by Crippen LogP contribution is -2.31. The average molecular weight is 311 g/mol. The summed E-state index contributed by atoms with van der Waals surface area (Å²) in [6, 6.07) is 5.15. The molecule has 0 atom stereocenters. The number of aliphatic hydroxyl groups excluding tert-OH is 1. The number of rotatable bonds is 8. The second-order valence-corrected chi connectivity index (χ2v) is 7.76. The molecular formula is C16H25NO3S. The molecule has 0 aromatic heterocycles. The molecule has 2 rings (SSSR count). The number of sulfonamides is 1. The monoisotopic (exact) mass is 311 g/mol. The van der Waals surface area contributed by atoms with Crippen molar-refractivity contribution in [2.24, 2.45) is 5.41 Å². The highest BCUT2D eigenvalue weighted by molar-refractivity contribution is 7.89. The van der Waals surface area contributed by atoms with Crippen LogP contribution < -0.4 is 4.72 Å². The second-order valence-electron chi connectivity index (χ2n) is 6.03. The first kappa shape index (κ1) is 16.5. The molecule has 5 heteroatoms. The molecule has 1 aromatic carbocycles. The lowest BCUT2D eigenvalue weighted by Gasteiger charge is -2.17. The van der Waals surface area contributed by atoms with E-state index in [1.165, 1.54) is 0 Å². The van der Waals surface area contributed by atoms with Gasteiger partial charge >= 0.3 is 0 Å². The molecule has 1 aliphatic rings. The number of nitrogens with one attached hydrogen (secondary N) is 1. The van der Waals surface area contributed by atoms with Crippen LogP contribution in [0.1, 0.15) is 50.7 Å². The SMILES string of the molecule is CCCC1(CNS(=O)(=O)c2cc(CO)ccc2CC)CC1. The van der Waals surface area contributed by atoms with Crippen LogP contribution >= 0.6 is 0 Å². The summed E-state index contributed by atoms with van der Waals surface area (Å²) in [6.07, 6.45) is 5.04. The van der Waals surface area contributed by atoms with Crippen LogP contribution in [0.4, 0.5) is 0 Å². The largest absolute Gasteiger partial charge is 0.392 e. The molecule has 0 bridgehead atoms. The Morgan fingerprint density at radius 2 is 2.00 bits per heavy atom. The maximum atomic E-state index is 12.6. The summed E-state index contributed by atoms with van der Waals surface area (Å²) in [6.45, 7) is 4.45. The van der Waals surface area contributed by atoms with Crippen molar-refractivity contribution >= 4 is 10.0 Å². The number of aryl methyl sites for hydroxylation is 1. The van der Waals surface area contributed by atoms with Crippen molar-refractivity contribution in [1.82, 2.24) is 4.72 Å². The Bertz CT molecular complexity index is 592. The van der Waals surface area contributed by atoms with Crippen LogP contribution in [0.15, 0.2) is 23.1 Å². The molecule has 1 saturated carbocycles. The van der Waals surface area contributed by atoms with E-state index in [1.807, 2.05) is 6.92 Å². The molecule has 0 aliphatic heterocycles. The maximum absolute atomic E-state index is 12.6. The topological polar surface area (TPSA) is 66.4 Å². The highest BCUT2D eigenvalue weighted by Crippen LogP contribution is 2.49. The molecule has 118 valence electrons. The Morgan fingerprint density at radius 1 is 1.29 bits per heavy atom. The van der Waals surface area contributed by atoms with Gasteiger partial charge in [0.15, 0.2) is 0 Å². The summed E-state index contributed by atoms with van der Waals surface area (Å²) >= 11 is 0. The van der Waals surface area contributed by atoms with Crippen molar-refractivity contribution in [3.05, 3.63) is 29.3 Å². The third kappa shape index (κ3) is 3.84. The van der Waals surface area contributed by atoms with Gasteiger partial charge in [-0.2, -0.15) is 0 Å². The summed E-state index contributed by atoms with van der Waals surface area (Å²) in [4.78, 5) is 0.309. The van der Waals surface area contributed by atoms with E-state index in [9.17, 15) is 13.5 Å². The van der Waals surface area contributed by atoms with E-state index in [2.05, 4.69) is 11.6 Å². The van der Waals surface area contributed by atoms with Gasteiger partial charge in [-0.15, -0.1) is 0 Å². The fraction of sp³-hybridized carbons (Fsp3) is 0.625. The van der Waals surface area contributed by atoms with Crippen molar-refractivity contribution in [2.75, 3.05) is 6.54 Å². The molecule has 0 unspecified atom stereocenters. The molecular weight excluding hydrogens is 286 g/mol. The van der Waals surface area contributed by atoms with E-state index in [0.29, 0.717) is 23.4 Å². The van der Waals surface area contributed by atoms with Gasteiger partial charge in [0, 0.05) is 6.54 Å². The molecule has 0 heterocycles. The summed E-state index contributed by atoms with van der Waals surface area (Å²) in [5.41, 5.74) is 1.60. The third-order valence-corrected chi connectivity index (χ3v) is 5.84. The van der Waals surface area contributed by atoms with Crippen LogP contribution in [0.3, 0.4) is 0 Å². The van der Waals surface area contributed by atoms with Crippen molar-refractivity contribution in [3.8, 4) is 0 Å². The number of benzene rings is 1. The molecule has 21 heavy (non-hydrogen) atoms. The van der Waals surface area contributed by atoms with E-state index in [0.717, 1.165) is 31.2 Å². The van der Waals surface area contributed by atoms with Gasteiger partial charge in [0.1, 0.15) is 0 Å². The van der Waals surface area contributed by atoms with E-state index in [1.54, 1.807) is 18.2 Å². The number of hydrogen-bond donors (Lipinski definition) is 2. The fourth-order valence-electron chi connectivity index (χ4n) is 2.79. The molecule has 1 aromatic rings. The van der Waals surface area contributed by atoms with Gasteiger partial charge < -0.3 is 5.11 Å². The van der Waals surface area contributed by atoms with E-state index < -0.39 is 10.0 Å². The van der Waals surface area contributed by atoms with E-state index >= 15 is 0 Å². The lowest BCUT2D eigenvalue weighted by molar-refractivity contribution is 0.281. The Morgan fingerprint density at radius 3 is 2.52 bits per heavy atom. The molecule has 4 nitrogen and oxygen atoms in total. The summed E-state index contributed by atoms with van der Waals surface area (Å²) in [5.74, 6) is 0. The molecule has 1 aliphatic carbocycles. The highest BCUT2D eigenvalue weighted by Gasteiger charge is 2.42. The van der Waals surface area contributed by atoms with Gasteiger partial charge in [-0.05, 0) is 48.3 Å². The summed E-state index contributed by atoms with van der Waals surface area (Å²) in [7, 11) is -3.51. The zero-order valence-electron chi connectivity index (χ0n) is 12.9. The fourth-order valence-corrected chi connectivity index (χ4v) is 4.30. The predicted molar refractivity (Wildman–Crippen MR) is 83.5 cm³/mol. The standard InChI is InChI=1S/C16H25NO3S/c1-3-7-16(8-9-16)12-17-21(19,20)15-10-13(11-18)5-6-14(15)4-2/h5-6,10,17-18H,3-4,7-9,11-12H2,1-2H3. The van der Waals surface area contributed by atoms with Crippen LogP contribution in [0.5, 0.6) is 0 Å². The van der Waals surface area contributed by atoms with Crippen molar-refractivity contribution in [1.29, 1.82) is 0 Å². The van der Waals surface area contributed by atoms with Crippen LogP contribution in [0, 0.1) is 5.41 Å². The van der Waals surface area contributed by atoms with Crippen molar-refractivity contribution in [3.63, 3.8) is 0 Å². The average Bonchev–Trinajstić information content (AvgIpc) is 3.25. The molecule has 0 saturated heterocycles. The number of hydrogen-bond acceptors (Lipinski definition) is 3. The van der Waals surface area contributed by atoms with Gasteiger partial charge in [0.2, 0.25) is 10.0 Å². The van der Waals surface area contributed by atoms with Crippen LogP contribution in [0.25, 0.3) is 0 Å². The van der Waals surface area contributed by atoms with Crippen molar-refractivity contribution in [2.45, 2.75) is 57.5 Å². The van der Waals surface area contributed by atoms with E-state index in [4.69, 9.17) is 0 Å². The van der Waals surface area contributed by atoms with Crippen molar-refractivity contribution < 1.29 is 13.5 Å². The van der Waals surface area contributed by atoms with Gasteiger partial charge in [0.25, 0.3) is 0 Å². The summed E-state index contributed by atoms with van der Waals surface area (Å²) < 4.78 is 27.9. The van der Waals surface area contributed by atoms with Gasteiger partial charge in [-0.3, -0.25) is 0 Å².